The molecule has 3 nitrogen and oxygen atoms in total. The van der Waals surface area contributed by atoms with Gasteiger partial charge in [-0.15, -0.1) is 11.3 Å². The summed E-state index contributed by atoms with van der Waals surface area (Å²) in [5.74, 6) is 1.50. The van der Waals surface area contributed by atoms with Crippen molar-refractivity contribution in [1.29, 1.82) is 0 Å². The molecule has 2 fully saturated rings. The van der Waals surface area contributed by atoms with Gasteiger partial charge in [0, 0.05) is 42.7 Å². The number of hydrogen-bond acceptors (Lipinski definition) is 4. The van der Waals surface area contributed by atoms with Crippen LogP contribution < -0.4 is 10.6 Å². The SMILES string of the molecule is CC(CNCC1CCC2CCCCC2N1)c1nccs1. The van der Waals surface area contributed by atoms with E-state index in [0.717, 1.165) is 25.0 Å². The van der Waals surface area contributed by atoms with Gasteiger partial charge in [0.05, 0.1) is 5.01 Å². The molecule has 1 saturated heterocycles. The molecule has 1 aromatic heterocycles. The zero-order valence-corrected chi connectivity index (χ0v) is 13.3. The van der Waals surface area contributed by atoms with Crippen LogP contribution in [0.4, 0.5) is 0 Å². The second-order valence-electron chi connectivity index (χ2n) is 6.52. The first-order valence-corrected chi connectivity index (χ1v) is 9.07. The van der Waals surface area contributed by atoms with Crippen molar-refractivity contribution in [1.82, 2.24) is 15.6 Å². The molecule has 4 heteroatoms. The first-order chi connectivity index (χ1) is 9.83. The van der Waals surface area contributed by atoms with Crippen LogP contribution in [0.3, 0.4) is 0 Å². The lowest BCUT2D eigenvalue weighted by Gasteiger charge is -2.40. The Morgan fingerprint density at radius 1 is 1.35 bits per heavy atom. The van der Waals surface area contributed by atoms with Crippen LogP contribution in [-0.4, -0.2) is 30.2 Å². The Kier molecular flexibility index (Phi) is 5.08. The summed E-state index contributed by atoms with van der Waals surface area (Å²) in [6.07, 6.45) is 10.4. The number of rotatable bonds is 5. The fourth-order valence-electron chi connectivity index (χ4n) is 3.77. The Morgan fingerprint density at radius 3 is 3.10 bits per heavy atom. The summed E-state index contributed by atoms with van der Waals surface area (Å²) in [4.78, 5) is 4.40. The fraction of sp³-hybridized carbons (Fsp3) is 0.812. The first kappa shape index (κ1) is 14.5. The van der Waals surface area contributed by atoms with Crippen LogP contribution in [0.25, 0.3) is 0 Å². The summed E-state index contributed by atoms with van der Waals surface area (Å²) >= 11 is 1.77. The lowest BCUT2D eigenvalue weighted by molar-refractivity contribution is 0.174. The summed E-state index contributed by atoms with van der Waals surface area (Å²) in [5, 5.41) is 10.8. The van der Waals surface area contributed by atoms with E-state index in [1.54, 1.807) is 11.3 Å². The predicted molar refractivity (Wildman–Crippen MR) is 85.3 cm³/mol. The minimum atomic E-state index is 0.529. The molecule has 4 atom stereocenters. The second kappa shape index (κ2) is 7.01. The molecule has 1 saturated carbocycles. The van der Waals surface area contributed by atoms with Gasteiger partial charge in [0.25, 0.3) is 0 Å². The van der Waals surface area contributed by atoms with E-state index in [2.05, 4.69) is 27.9 Å². The molecule has 1 aromatic rings. The highest BCUT2D eigenvalue weighted by molar-refractivity contribution is 7.09. The largest absolute Gasteiger partial charge is 0.314 e. The lowest BCUT2D eigenvalue weighted by Crippen LogP contribution is -2.52. The molecule has 0 aromatic carbocycles. The number of nitrogens with zero attached hydrogens (tertiary/aromatic N) is 1. The predicted octanol–water partition coefficient (Wildman–Crippen LogP) is 3.15. The molecular weight excluding hydrogens is 266 g/mol. The molecule has 0 amide bonds. The Bertz CT molecular complexity index is 392. The number of aromatic nitrogens is 1. The van der Waals surface area contributed by atoms with Gasteiger partial charge in [-0.3, -0.25) is 0 Å². The fourth-order valence-corrected chi connectivity index (χ4v) is 4.47. The minimum absolute atomic E-state index is 0.529. The Balaban J connectivity index is 1.38. The van der Waals surface area contributed by atoms with Crippen molar-refractivity contribution < 1.29 is 0 Å². The van der Waals surface area contributed by atoms with E-state index in [4.69, 9.17) is 0 Å². The van der Waals surface area contributed by atoms with Gasteiger partial charge in [-0.25, -0.2) is 4.98 Å². The molecule has 0 bridgehead atoms. The van der Waals surface area contributed by atoms with Crippen LogP contribution in [-0.2, 0) is 0 Å². The third-order valence-corrected chi connectivity index (χ3v) is 5.97. The van der Waals surface area contributed by atoms with Gasteiger partial charge in [0.2, 0.25) is 0 Å². The summed E-state index contributed by atoms with van der Waals surface area (Å²) in [7, 11) is 0. The molecule has 0 radical (unpaired) electrons. The zero-order chi connectivity index (χ0) is 13.8. The highest BCUT2D eigenvalue weighted by atomic mass is 32.1. The molecule has 112 valence electrons. The van der Waals surface area contributed by atoms with E-state index >= 15 is 0 Å². The maximum Gasteiger partial charge on any atom is 0.0965 e. The van der Waals surface area contributed by atoms with Gasteiger partial charge >= 0.3 is 0 Å². The number of nitrogens with one attached hydrogen (secondary N) is 2. The van der Waals surface area contributed by atoms with Crippen molar-refractivity contribution in [3.8, 4) is 0 Å². The average Bonchev–Trinajstić information content (AvgIpc) is 3.01. The van der Waals surface area contributed by atoms with E-state index in [9.17, 15) is 0 Å². The smallest absolute Gasteiger partial charge is 0.0965 e. The maximum absolute atomic E-state index is 4.40. The third kappa shape index (κ3) is 3.60. The number of fused-ring (bicyclic) bond motifs is 1. The van der Waals surface area contributed by atoms with Crippen LogP contribution in [0, 0.1) is 5.92 Å². The molecular formula is C16H27N3S. The van der Waals surface area contributed by atoms with Crippen LogP contribution >= 0.6 is 11.3 Å². The van der Waals surface area contributed by atoms with E-state index in [-0.39, 0.29) is 0 Å². The van der Waals surface area contributed by atoms with E-state index in [1.165, 1.54) is 43.5 Å². The Hall–Kier alpha value is -0.450. The standard InChI is InChI=1S/C16H27N3S/c1-12(16-18-8-9-20-16)10-17-11-14-7-6-13-4-2-3-5-15(13)19-14/h8-9,12-15,17,19H,2-7,10-11H2,1H3. The molecule has 2 aliphatic rings. The molecule has 4 unspecified atom stereocenters. The summed E-state index contributed by atoms with van der Waals surface area (Å²) in [6, 6.07) is 1.48. The molecule has 0 spiro atoms. The quantitative estimate of drug-likeness (QED) is 0.875. The van der Waals surface area contributed by atoms with Gasteiger partial charge in [0.1, 0.15) is 0 Å². The Morgan fingerprint density at radius 2 is 2.25 bits per heavy atom. The van der Waals surface area contributed by atoms with E-state index in [0.29, 0.717) is 12.0 Å². The van der Waals surface area contributed by atoms with Crippen LogP contribution in [0.2, 0.25) is 0 Å². The van der Waals surface area contributed by atoms with Crippen molar-refractivity contribution in [3.63, 3.8) is 0 Å². The lowest BCUT2D eigenvalue weighted by atomic mass is 9.78. The van der Waals surface area contributed by atoms with Crippen molar-refractivity contribution in [3.05, 3.63) is 16.6 Å². The zero-order valence-electron chi connectivity index (χ0n) is 12.5. The highest BCUT2D eigenvalue weighted by Crippen LogP contribution is 2.32. The van der Waals surface area contributed by atoms with Crippen molar-refractivity contribution in [2.45, 2.75) is 63.5 Å². The topological polar surface area (TPSA) is 37.0 Å². The average molecular weight is 293 g/mol. The van der Waals surface area contributed by atoms with Gasteiger partial charge in [-0.2, -0.15) is 0 Å². The second-order valence-corrected chi connectivity index (χ2v) is 7.45. The summed E-state index contributed by atoms with van der Waals surface area (Å²) in [6.45, 7) is 4.41. The third-order valence-electron chi connectivity index (χ3n) is 4.96. The van der Waals surface area contributed by atoms with Gasteiger partial charge in [0.15, 0.2) is 0 Å². The number of piperidine rings is 1. The molecule has 1 aliphatic heterocycles. The summed E-state index contributed by atoms with van der Waals surface area (Å²) < 4.78 is 0. The van der Waals surface area contributed by atoms with Crippen LogP contribution in [0.5, 0.6) is 0 Å². The number of thiazole rings is 1. The van der Waals surface area contributed by atoms with E-state index < -0.39 is 0 Å². The van der Waals surface area contributed by atoms with Gasteiger partial charge < -0.3 is 10.6 Å². The van der Waals surface area contributed by atoms with Crippen LogP contribution in [0.1, 0.15) is 56.4 Å². The molecule has 2 heterocycles. The molecule has 2 N–H and O–H groups in total. The van der Waals surface area contributed by atoms with Crippen molar-refractivity contribution in [2.75, 3.05) is 13.1 Å². The highest BCUT2D eigenvalue weighted by Gasteiger charge is 2.31. The van der Waals surface area contributed by atoms with E-state index in [1.807, 2.05) is 6.20 Å². The minimum Gasteiger partial charge on any atom is -0.314 e. The summed E-state index contributed by atoms with van der Waals surface area (Å²) in [5.41, 5.74) is 0. The van der Waals surface area contributed by atoms with Gasteiger partial charge in [-0.1, -0.05) is 19.8 Å². The van der Waals surface area contributed by atoms with Crippen LogP contribution in [0.15, 0.2) is 11.6 Å². The molecule has 1 aliphatic carbocycles. The molecule has 20 heavy (non-hydrogen) atoms. The maximum atomic E-state index is 4.40. The van der Waals surface area contributed by atoms with Gasteiger partial charge in [-0.05, 0) is 31.6 Å². The molecule has 3 rings (SSSR count). The normalized spacial score (nSPS) is 31.8. The Labute approximate surface area is 126 Å². The van der Waals surface area contributed by atoms with Crippen molar-refractivity contribution in [2.24, 2.45) is 5.92 Å². The van der Waals surface area contributed by atoms with Crippen molar-refractivity contribution >= 4 is 11.3 Å². The number of hydrogen-bond donors (Lipinski definition) is 2. The monoisotopic (exact) mass is 293 g/mol. The first-order valence-electron chi connectivity index (χ1n) is 8.19.